The molecule has 0 bridgehead atoms. The van der Waals surface area contributed by atoms with Gasteiger partial charge in [0.25, 0.3) is 5.91 Å². The summed E-state index contributed by atoms with van der Waals surface area (Å²) in [6, 6.07) is 18.0. The van der Waals surface area contributed by atoms with Gasteiger partial charge in [-0.3, -0.25) is 4.79 Å². The Morgan fingerprint density at radius 2 is 1.79 bits per heavy atom. The van der Waals surface area contributed by atoms with Crippen LogP contribution >= 0.6 is 11.6 Å². The maximum absolute atomic E-state index is 12.7. The number of nitriles is 1. The van der Waals surface area contributed by atoms with Crippen LogP contribution in [0.2, 0.25) is 5.02 Å². The van der Waals surface area contributed by atoms with Gasteiger partial charge in [-0.1, -0.05) is 29.8 Å². The predicted molar refractivity (Wildman–Crippen MR) is 111 cm³/mol. The van der Waals surface area contributed by atoms with Crippen molar-refractivity contribution in [1.29, 1.82) is 10.7 Å². The van der Waals surface area contributed by atoms with Crippen LogP contribution in [0.1, 0.15) is 28.4 Å². The fourth-order valence-corrected chi connectivity index (χ4v) is 2.78. The maximum Gasteiger partial charge on any atom is 0.258 e. The lowest BCUT2D eigenvalue weighted by molar-refractivity contribution is 0.102. The highest BCUT2D eigenvalue weighted by molar-refractivity contribution is 6.30. The van der Waals surface area contributed by atoms with E-state index in [2.05, 4.69) is 15.6 Å². The number of pyridine rings is 1. The molecule has 2 aromatic carbocycles. The number of rotatable bonds is 5. The van der Waals surface area contributed by atoms with Crippen LogP contribution in [0.15, 0.2) is 60.8 Å². The Morgan fingerprint density at radius 1 is 1.11 bits per heavy atom. The van der Waals surface area contributed by atoms with Crippen LogP contribution in [0.3, 0.4) is 0 Å². The van der Waals surface area contributed by atoms with Crippen LogP contribution in [0, 0.1) is 16.7 Å². The zero-order valence-electron chi connectivity index (χ0n) is 15.0. The summed E-state index contributed by atoms with van der Waals surface area (Å²) in [5, 5.41) is 24.1. The Bertz CT molecular complexity index is 1070. The van der Waals surface area contributed by atoms with E-state index in [-0.39, 0.29) is 22.4 Å². The average Bonchev–Trinajstić information content (AvgIpc) is 2.69. The quantitative estimate of drug-likeness (QED) is 0.535. The van der Waals surface area contributed by atoms with Gasteiger partial charge < -0.3 is 16.0 Å². The monoisotopic (exact) mass is 389 g/mol. The normalized spacial score (nSPS) is 10.0. The van der Waals surface area contributed by atoms with Crippen LogP contribution < -0.4 is 10.6 Å². The summed E-state index contributed by atoms with van der Waals surface area (Å²) in [7, 11) is 0. The van der Waals surface area contributed by atoms with Crippen LogP contribution in [0.5, 0.6) is 0 Å². The molecule has 0 fully saturated rings. The lowest BCUT2D eigenvalue weighted by Gasteiger charge is -2.14. The number of para-hydroxylation sites is 1. The van der Waals surface area contributed by atoms with Gasteiger partial charge in [0.15, 0.2) is 0 Å². The van der Waals surface area contributed by atoms with E-state index in [1.54, 1.807) is 31.2 Å². The van der Waals surface area contributed by atoms with E-state index < -0.39 is 5.91 Å². The molecule has 3 rings (SSSR count). The van der Waals surface area contributed by atoms with E-state index in [0.29, 0.717) is 16.5 Å². The summed E-state index contributed by atoms with van der Waals surface area (Å²) in [4.78, 5) is 17.0. The molecule has 0 atom stereocenters. The first-order chi connectivity index (χ1) is 13.5. The summed E-state index contributed by atoms with van der Waals surface area (Å²) in [5.74, 6) is -0.140. The molecule has 0 aliphatic carbocycles. The number of nitrogens with one attached hydrogen (secondary N) is 3. The van der Waals surface area contributed by atoms with Crippen molar-refractivity contribution in [1.82, 2.24) is 4.98 Å². The molecule has 138 valence electrons. The van der Waals surface area contributed by atoms with E-state index in [1.165, 1.54) is 6.20 Å². The number of carbonyl (C=O) groups excluding carboxylic acids is 1. The Hall–Kier alpha value is -3.69. The zero-order chi connectivity index (χ0) is 20.1. The average molecular weight is 390 g/mol. The van der Waals surface area contributed by atoms with Gasteiger partial charge in [-0.15, -0.1) is 0 Å². The summed E-state index contributed by atoms with van der Waals surface area (Å²) < 4.78 is 0. The molecular weight excluding hydrogens is 374 g/mol. The van der Waals surface area contributed by atoms with Crippen molar-refractivity contribution in [3.8, 4) is 6.07 Å². The van der Waals surface area contributed by atoms with Crippen molar-refractivity contribution in [3.05, 3.63) is 82.5 Å². The summed E-state index contributed by atoms with van der Waals surface area (Å²) in [5.41, 5.74) is 1.90. The van der Waals surface area contributed by atoms with Gasteiger partial charge in [-0.2, -0.15) is 5.26 Å². The molecule has 0 spiro atoms. The molecular formula is C21H16ClN5O. The molecule has 1 aromatic heterocycles. The highest BCUT2D eigenvalue weighted by Crippen LogP contribution is 2.25. The van der Waals surface area contributed by atoms with E-state index >= 15 is 0 Å². The van der Waals surface area contributed by atoms with E-state index in [0.717, 1.165) is 5.69 Å². The van der Waals surface area contributed by atoms with Gasteiger partial charge in [-0.25, -0.2) is 4.98 Å². The molecule has 1 amide bonds. The smallest absolute Gasteiger partial charge is 0.258 e. The first-order valence-corrected chi connectivity index (χ1v) is 8.75. The molecule has 0 saturated heterocycles. The minimum Gasteiger partial charge on any atom is -0.340 e. The van der Waals surface area contributed by atoms with Crippen molar-refractivity contribution in [2.45, 2.75) is 6.92 Å². The van der Waals surface area contributed by atoms with Gasteiger partial charge in [-0.05, 0) is 43.3 Å². The topological polar surface area (TPSA) is 102 Å². The zero-order valence-corrected chi connectivity index (χ0v) is 15.7. The number of amides is 1. The van der Waals surface area contributed by atoms with E-state index in [4.69, 9.17) is 17.0 Å². The summed E-state index contributed by atoms with van der Waals surface area (Å²) in [6.07, 6.45) is 1.33. The van der Waals surface area contributed by atoms with Crippen LogP contribution in [-0.2, 0) is 0 Å². The number of benzene rings is 2. The first kappa shape index (κ1) is 19.1. The molecule has 28 heavy (non-hydrogen) atoms. The predicted octanol–water partition coefficient (Wildman–Crippen LogP) is 4.99. The largest absolute Gasteiger partial charge is 0.340 e. The molecule has 1 heterocycles. The number of anilines is 3. The molecule has 3 aromatic rings. The fraction of sp³-hybridized carbons (Fsp3) is 0.0476. The van der Waals surface area contributed by atoms with Gasteiger partial charge in [0.2, 0.25) is 0 Å². The van der Waals surface area contributed by atoms with Crippen molar-refractivity contribution in [2.75, 3.05) is 10.6 Å². The fourth-order valence-electron chi connectivity index (χ4n) is 2.65. The van der Waals surface area contributed by atoms with Gasteiger partial charge in [0.05, 0.1) is 16.7 Å². The van der Waals surface area contributed by atoms with Crippen molar-refractivity contribution >= 4 is 40.4 Å². The Labute approximate surface area is 167 Å². The van der Waals surface area contributed by atoms with Crippen LogP contribution in [0.4, 0.5) is 17.2 Å². The highest BCUT2D eigenvalue weighted by atomic mass is 35.5. The second-order valence-corrected chi connectivity index (χ2v) is 6.40. The second-order valence-electron chi connectivity index (χ2n) is 5.96. The Morgan fingerprint density at radius 3 is 2.39 bits per heavy atom. The van der Waals surface area contributed by atoms with Gasteiger partial charge in [0.1, 0.15) is 11.9 Å². The molecule has 0 saturated carbocycles. The third kappa shape index (κ3) is 4.17. The SMILES string of the molecule is CC(=N)c1c(Nc2ccccc2)ncc(C(=O)Nc2ccc(Cl)cc2)c1C#N. The molecule has 7 heteroatoms. The third-order valence-electron chi connectivity index (χ3n) is 3.95. The Kier molecular flexibility index (Phi) is 5.68. The van der Waals surface area contributed by atoms with Crippen LogP contribution in [0.25, 0.3) is 0 Å². The number of hydrogen-bond acceptors (Lipinski definition) is 5. The lowest BCUT2D eigenvalue weighted by Crippen LogP contribution is -2.17. The molecule has 3 N–H and O–H groups in total. The summed E-state index contributed by atoms with van der Waals surface area (Å²) in [6.45, 7) is 1.55. The first-order valence-electron chi connectivity index (χ1n) is 8.37. The van der Waals surface area contributed by atoms with Crippen LogP contribution in [-0.4, -0.2) is 16.6 Å². The third-order valence-corrected chi connectivity index (χ3v) is 4.20. The molecule has 0 unspecified atom stereocenters. The number of halogens is 1. The number of carbonyl (C=O) groups is 1. The van der Waals surface area contributed by atoms with E-state index in [1.807, 2.05) is 36.4 Å². The van der Waals surface area contributed by atoms with Crippen molar-refractivity contribution < 1.29 is 4.79 Å². The van der Waals surface area contributed by atoms with Gasteiger partial charge in [0, 0.05) is 28.3 Å². The standard InChI is InChI=1S/C21H16ClN5O/c1-13(24)19-17(11-23)18(21(28)27-16-9-7-14(22)8-10-16)12-25-20(19)26-15-5-3-2-4-6-15/h2-10,12,24H,1H3,(H,25,26)(H,27,28). The molecule has 6 nitrogen and oxygen atoms in total. The second kappa shape index (κ2) is 8.33. The number of hydrogen-bond donors (Lipinski definition) is 3. The van der Waals surface area contributed by atoms with Crippen molar-refractivity contribution in [3.63, 3.8) is 0 Å². The van der Waals surface area contributed by atoms with E-state index in [9.17, 15) is 10.1 Å². The minimum atomic E-state index is -0.486. The highest BCUT2D eigenvalue weighted by Gasteiger charge is 2.21. The molecule has 0 aliphatic rings. The maximum atomic E-state index is 12.7. The lowest BCUT2D eigenvalue weighted by atomic mass is 10.00. The molecule has 0 aliphatic heterocycles. The van der Waals surface area contributed by atoms with Gasteiger partial charge >= 0.3 is 0 Å². The number of nitrogens with zero attached hydrogens (tertiary/aromatic N) is 2. The Balaban J connectivity index is 1.99. The summed E-state index contributed by atoms with van der Waals surface area (Å²) >= 11 is 5.86. The minimum absolute atomic E-state index is 0.0902. The number of aromatic nitrogens is 1. The molecule has 0 radical (unpaired) electrons. The van der Waals surface area contributed by atoms with Crippen molar-refractivity contribution in [2.24, 2.45) is 0 Å².